The lowest BCUT2D eigenvalue weighted by atomic mass is 9.91. The molecule has 0 amide bonds. The van der Waals surface area contributed by atoms with E-state index in [4.69, 9.17) is 0 Å². The Morgan fingerprint density at radius 1 is 1.00 bits per heavy atom. The summed E-state index contributed by atoms with van der Waals surface area (Å²) in [5.74, 6) is 0. The van der Waals surface area contributed by atoms with Crippen LogP contribution in [0.25, 0.3) is 10.8 Å². The van der Waals surface area contributed by atoms with Crippen LogP contribution >= 0.6 is 0 Å². The van der Waals surface area contributed by atoms with Crippen molar-refractivity contribution in [3.63, 3.8) is 0 Å². The van der Waals surface area contributed by atoms with Crippen LogP contribution in [0.4, 0.5) is 0 Å². The third kappa shape index (κ3) is 4.33. The van der Waals surface area contributed by atoms with Crippen LogP contribution in [0.5, 0.6) is 0 Å². The Morgan fingerprint density at radius 3 is 2.65 bits per heavy atom. The molecule has 0 spiro atoms. The predicted octanol–water partition coefficient (Wildman–Crippen LogP) is 5.77. The molecule has 1 aliphatic carbocycles. The highest BCUT2D eigenvalue weighted by Crippen LogP contribution is 2.26. The molecule has 1 saturated carbocycles. The molecule has 23 heavy (non-hydrogen) atoms. The molecule has 0 bridgehead atoms. The molecule has 2 aromatic rings. The van der Waals surface area contributed by atoms with Crippen molar-refractivity contribution >= 4 is 10.8 Å². The van der Waals surface area contributed by atoms with Crippen molar-refractivity contribution in [2.45, 2.75) is 45.6 Å². The maximum atomic E-state index is 3.54. The minimum absolute atomic E-state index is 0.918. The second-order valence-electron chi connectivity index (χ2n) is 6.52. The SMILES string of the molecule is CC(C=CCNCc1cccc2ccccc12)=C1CCCCC1. The zero-order chi connectivity index (χ0) is 15.9. The first-order valence-electron chi connectivity index (χ1n) is 8.87. The van der Waals surface area contributed by atoms with Gasteiger partial charge in [-0.3, -0.25) is 0 Å². The number of hydrogen-bond acceptors (Lipinski definition) is 1. The fourth-order valence-corrected chi connectivity index (χ4v) is 3.46. The van der Waals surface area contributed by atoms with Gasteiger partial charge in [0.1, 0.15) is 0 Å². The van der Waals surface area contributed by atoms with Crippen molar-refractivity contribution < 1.29 is 0 Å². The zero-order valence-electron chi connectivity index (χ0n) is 14.1. The number of rotatable bonds is 5. The van der Waals surface area contributed by atoms with Gasteiger partial charge in [0.15, 0.2) is 0 Å². The van der Waals surface area contributed by atoms with E-state index in [2.05, 4.69) is 66.9 Å². The number of allylic oxidation sites excluding steroid dienone is 3. The van der Waals surface area contributed by atoms with Crippen LogP contribution in [0, 0.1) is 0 Å². The van der Waals surface area contributed by atoms with E-state index in [1.165, 1.54) is 54.0 Å². The maximum absolute atomic E-state index is 3.54. The highest BCUT2D eigenvalue weighted by molar-refractivity contribution is 5.85. The maximum Gasteiger partial charge on any atom is 0.0214 e. The first-order valence-corrected chi connectivity index (χ1v) is 8.87. The van der Waals surface area contributed by atoms with Crippen molar-refractivity contribution in [3.8, 4) is 0 Å². The second-order valence-corrected chi connectivity index (χ2v) is 6.52. The van der Waals surface area contributed by atoms with Crippen LogP contribution in [-0.2, 0) is 6.54 Å². The summed E-state index contributed by atoms with van der Waals surface area (Å²) in [7, 11) is 0. The number of hydrogen-bond donors (Lipinski definition) is 1. The lowest BCUT2D eigenvalue weighted by Crippen LogP contribution is -2.13. The van der Waals surface area contributed by atoms with Crippen LogP contribution in [0.15, 0.2) is 65.8 Å². The number of nitrogens with one attached hydrogen (secondary N) is 1. The summed E-state index contributed by atoms with van der Waals surface area (Å²) >= 11 is 0. The van der Waals surface area contributed by atoms with Gasteiger partial charge in [0.25, 0.3) is 0 Å². The fourth-order valence-electron chi connectivity index (χ4n) is 3.46. The summed E-state index contributed by atoms with van der Waals surface area (Å²) < 4.78 is 0. The van der Waals surface area contributed by atoms with Crippen molar-refractivity contribution in [3.05, 3.63) is 71.3 Å². The minimum Gasteiger partial charge on any atom is -0.309 e. The molecule has 3 rings (SSSR count). The lowest BCUT2D eigenvalue weighted by Gasteiger charge is -2.15. The Bertz CT molecular complexity index is 695. The Morgan fingerprint density at radius 2 is 1.78 bits per heavy atom. The van der Waals surface area contributed by atoms with Crippen LogP contribution in [0.2, 0.25) is 0 Å². The van der Waals surface area contributed by atoms with Gasteiger partial charge in [0, 0.05) is 13.1 Å². The normalized spacial score (nSPS) is 15.4. The van der Waals surface area contributed by atoms with Crippen LogP contribution in [0.3, 0.4) is 0 Å². The van der Waals surface area contributed by atoms with E-state index in [-0.39, 0.29) is 0 Å². The second kappa shape index (κ2) is 8.12. The molecular weight excluding hydrogens is 278 g/mol. The quantitative estimate of drug-likeness (QED) is 0.692. The Balaban J connectivity index is 1.54. The van der Waals surface area contributed by atoms with Crippen LogP contribution in [-0.4, -0.2) is 6.54 Å². The predicted molar refractivity (Wildman–Crippen MR) is 101 cm³/mol. The van der Waals surface area contributed by atoms with Crippen molar-refractivity contribution in [1.29, 1.82) is 0 Å². The Hall–Kier alpha value is -1.86. The molecule has 1 heteroatoms. The minimum atomic E-state index is 0.918. The average Bonchev–Trinajstić information content (AvgIpc) is 2.62. The van der Waals surface area contributed by atoms with Gasteiger partial charge in [-0.15, -0.1) is 0 Å². The van der Waals surface area contributed by atoms with E-state index in [0.717, 1.165) is 13.1 Å². The molecule has 0 atom stereocenters. The molecule has 1 nitrogen and oxygen atoms in total. The lowest BCUT2D eigenvalue weighted by molar-refractivity contribution is 0.595. The zero-order valence-corrected chi connectivity index (χ0v) is 14.1. The largest absolute Gasteiger partial charge is 0.309 e. The molecule has 0 aliphatic heterocycles. The van der Waals surface area contributed by atoms with Gasteiger partial charge < -0.3 is 5.32 Å². The number of benzene rings is 2. The molecule has 1 aliphatic rings. The molecule has 0 unspecified atom stereocenters. The van der Waals surface area contributed by atoms with Gasteiger partial charge in [-0.2, -0.15) is 0 Å². The van der Waals surface area contributed by atoms with Crippen LogP contribution in [0.1, 0.15) is 44.6 Å². The Kier molecular flexibility index (Phi) is 5.65. The van der Waals surface area contributed by atoms with Crippen molar-refractivity contribution in [1.82, 2.24) is 5.32 Å². The highest BCUT2D eigenvalue weighted by Gasteiger charge is 2.06. The smallest absolute Gasteiger partial charge is 0.0214 e. The average molecular weight is 305 g/mol. The number of fused-ring (bicyclic) bond motifs is 1. The summed E-state index contributed by atoms with van der Waals surface area (Å²) in [4.78, 5) is 0. The first-order chi connectivity index (χ1) is 11.3. The molecule has 0 radical (unpaired) electrons. The standard InChI is InChI=1S/C22H27N/c1-18(19-10-3-2-4-11-19)9-8-16-23-17-21-14-7-13-20-12-5-6-15-22(20)21/h5-9,12-15,23H,2-4,10-11,16-17H2,1H3. The van der Waals surface area contributed by atoms with E-state index >= 15 is 0 Å². The van der Waals surface area contributed by atoms with E-state index in [1.807, 2.05) is 0 Å². The van der Waals surface area contributed by atoms with Gasteiger partial charge in [-0.05, 0) is 48.9 Å². The molecule has 0 aromatic heterocycles. The molecule has 2 aromatic carbocycles. The molecule has 0 heterocycles. The third-order valence-electron chi connectivity index (χ3n) is 4.84. The van der Waals surface area contributed by atoms with Gasteiger partial charge in [-0.25, -0.2) is 0 Å². The van der Waals surface area contributed by atoms with Gasteiger partial charge >= 0.3 is 0 Å². The molecular formula is C22H27N. The topological polar surface area (TPSA) is 12.0 Å². The van der Waals surface area contributed by atoms with Gasteiger partial charge in [0.2, 0.25) is 0 Å². The molecule has 120 valence electrons. The monoisotopic (exact) mass is 305 g/mol. The van der Waals surface area contributed by atoms with Gasteiger partial charge in [-0.1, -0.05) is 72.2 Å². The summed E-state index contributed by atoms with van der Waals surface area (Å²) in [5.41, 5.74) is 4.53. The molecule has 1 fully saturated rings. The summed E-state index contributed by atoms with van der Waals surface area (Å²) in [6, 6.07) is 15.1. The van der Waals surface area contributed by atoms with E-state index in [9.17, 15) is 0 Å². The van der Waals surface area contributed by atoms with E-state index in [0.29, 0.717) is 0 Å². The van der Waals surface area contributed by atoms with E-state index < -0.39 is 0 Å². The van der Waals surface area contributed by atoms with Crippen molar-refractivity contribution in [2.75, 3.05) is 6.54 Å². The highest BCUT2D eigenvalue weighted by atomic mass is 14.8. The summed E-state index contributed by atoms with van der Waals surface area (Å²) in [5, 5.41) is 6.22. The van der Waals surface area contributed by atoms with Crippen molar-refractivity contribution in [2.24, 2.45) is 0 Å². The molecule has 1 N–H and O–H groups in total. The third-order valence-corrected chi connectivity index (χ3v) is 4.84. The fraction of sp³-hybridized carbons (Fsp3) is 0.364. The van der Waals surface area contributed by atoms with E-state index in [1.54, 1.807) is 5.57 Å². The summed E-state index contributed by atoms with van der Waals surface area (Å²) in [6.07, 6.45) is 11.3. The molecule has 0 saturated heterocycles. The first kappa shape index (κ1) is 16.0. The summed E-state index contributed by atoms with van der Waals surface area (Å²) in [6.45, 7) is 4.11. The van der Waals surface area contributed by atoms with Gasteiger partial charge in [0.05, 0.1) is 0 Å². The van der Waals surface area contributed by atoms with Crippen LogP contribution < -0.4 is 5.32 Å². The Labute approximate surface area is 140 Å².